The molecule has 3 heteroatoms. The first-order valence-electron chi connectivity index (χ1n) is 7.73. The lowest BCUT2D eigenvalue weighted by molar-refractivity contribution is -0.131. The molecule has 1 heterocycles. The molecule has 2 fully saturated rings. The number of carbonyl (C=O) groups is 1. The SMILES string of the molecule is CCC(C)C1NC(CC)N(CCCC2CC2)C1=O. The zero-order chi connectivity index (χ0) is 13.1. The molecule has 0 radical (unpaired) electrons. The number of nitrogens with zero attached hydrogens (tertiary/aromatic N) is 1. The van der Waals surface area contributed by atoms with Crippen LogP contribution in [0.25, 0.3) is 0 Å². The van der Waals surface area contributed by atoms with E-state index in [2.05, 4.69) is 31.0 Å². The summed E-state index contributed by atoms with van der Waals surface area (Å²) >= 11 is 0. The molecule has 0 aromatic rings. The van der Waals surface area contributed by atoms with Crippen LogP contribution in [0.2, 0.25) is 0 Å². The van der Waals surface area contributed by atoms with Gasteiger partial charge in [0.2, 0.25) is 5.91 Å². The second-order valence-electron chi connectivity index (χ2n) is 6.07. The largest absolute Gasteiger partial charge is 0.326 e. The molecule has 2 rings (SSSR count). The number of nitrogens with one attached hydrogen (secondary N) is 1. The Labute approximate surface area is 111 Å². The fraction of sp³-hybridized carbons (Fsp3) is 0.933. The Morgan fingerprint density at radius 1 is 1.39 bits per heavy atom. The Bertz CT molecular complexity index is 288. The van der Waals surface area contributed by atoms with E-state index in [-0.39, 0.29) is 12.2 Å². The zero-order valence-corrected chi connectivity index (χ0v) is 12.1. The van der Waals surface area contributed by atoms with Gasteiger partial charge < -0.3 is 4.90 Å². The van der Waals surface area contributed by atoms with Crippen LogP contribution in [0.15, 0.2) is 0 Å². The molecule has 0 aromatic heterocycles. The maximum Gasteiger partial charge on any atom is 0.241 e. The summed E-state index contributed by atoms with van der Waals surface area (Å²) in [5.41, 5.74) is 0. The first kappa shape index (κ1) is 13.9. The summed E-state index contributed by atoms with van der Waals surface area (Å²) in [4.78, 5) is 14.5. The summed E-state index contributed by atoms with van der Waals surface area (Å²) in [7, 11) is 0. The topological polar surface area (TPSA) is 32.3 Å². The van der Waals surface area contributed by atoms with Crippen molar-refractivity contribution >= 4 is 5.91 Å². The Kier molecular flexibility index (Phi) is 4.66. The minimum Gasteiger partial charge on any atom is -0.326 e. The predicted octanol–water partition coefficient (Wildman–Crippen LogP) is 2.76. The molecule has 3 nitrogen and oxygen atoms in total. The lowest BCUT2D eigenvalue weighted by atomic mass is 9.99. The number of rotatable bonds is 7. The van der Waals surface area contributed by atoms with E-state index in [1.54, 1.807) is 0 Å². The van der Waals surface area contributed by atoms with Crippen LogP contribution in [0.3, 0.4) is 0 Å². The Morgan fingerprint density at radius 3 is 2.67 bits per heavy atom. The van der Waals surface area contributed by atoms with Crippen molar-refractivity contribution in [2.24, 2.45) is 11.8 Å². The standard InChI is InChI=1S/C15H28N2O/c1-4-11(3)14-15(18)17(13(5-2)16-14)10-6-7-12-8-9-12/h11-14,16H,4-10H2,1-3H3. The number of hydrogen-bond acceptors (Lipinski definition) is 2. The quantitative estimate of drug-likeness (QED) is 0.755. The second-order valence-corrected chi connectivity index (χ2v) is 6.07. The second kappa shape index (κ2) is 6.05. The van der Waals surface area contributed by atoms with Crippen molar-refractivity contribution in [2.45, 2.75) is 71.5 Å². The average Bonchev–Trinajstić information content (AvgIpc) is 3.14. The van der Waals surface area contributed by atoms with E-state index in [4.69, 9.17) is 0 Å². The maximum atomic E-state index is 12.4. The summed E-state index contributed by atoms with van der Waals surface area (Å²) in [6, 6.07) is 0.0564. The van der Waals surface area contributed by atoms with Crippen LogP contribution in [0.5, 0.6) is 0 Å². The summed E-state index contributed by atoms with van der Waals surface area (Å²) in [6.45, 7) is 7.46. The summed E-state index contributed by atoms with van der Waals surface area (Å²) in [5, 5.41) is 3.52. The monoisotopic (exact) mass is 252 g/mol. The molecular weight excluding hydrogens is 224 g/mol. The van der Waals surface area contributed by atoms with Crippen LogP contribution in [0, 0.1) is 11.8 Å². The molecule has 1 N–H and O–H groups in total. The Morgan fingerprint density at radius 2 is 2.11 bits per heavy atom. The molecule has 2 aliphatic rings. The summed E-state index contributed by atoms with van der Waals surface area (Å²) < 4.78 is 0. The molecule has 1 saturated heterocycles. The van der Waals surface area contributed by atoms with Gasteiger partial charge in [-0.1, -0.05) is 40.0 Å². The molecule has 18 heavy (non-hydrogen) atoms. The Balaban J connectivity index is 1.87. The summed E-state index contributed by atoms with van der Waals surface area (Å²) in [6.07, 6.45) is 7.68. The van der Waals surface area contributed by atoms with Gasteiger partial charge in [0.15, 0.2) is 0 Å². The van der Waals surface area contributed by atoms with Crippen molar-refractivity contribution in [3.8, 4) is 0 Å². The molecule has 0 bridgehead atoms. The molecule has 0 spiro atoms. The van der Waals surface area contributed by atoms with Crippen LogP contribution >= 0.6 is 0 Å². The van der Waals surface area contributed by atoms with Gasteiger partial charge in [0, 0.05) is 6.54 Å². The molecular formula is C15H28N2O. The third-order valence-corrected chi connectivity index (χ3v) is 4.61. The van der Waals surface area contributed by atoms with Crippen molar-refractivity contribution in [1.29, 1.82) is 0 Å². The van der Waals surface area contributed by atoms with Gasteiger partial charge >= 0.3 is 0 Å². The van der Waals surface area contributed by atoms with Crippen molar-refractivity contribution < 1.29 is 4.79 Å². The van der Waals surface area contributed by atoms with Gasteiger partial charge in [-0.05, 0) is 31.1 Å². The highest BCUT2D eigenvalue weighted by Gasteiger charge is 2.39. The van der Waals surface area contributed by atoms with Gasteiger partial charge in [-0.2, -0.15) is 0 Å². The molecule has 3 unspecified atom stereocenters. The minimum atomic E-state index is 0.0564. The number of hydrogen-bond donors (Lipinski definition) is 1. The van der Waals surface area contributed by atoms with Gasteiger partial charge in [0.25, 0.3) is 0 Å². The van der Waals surface area contributed by atoms with Crippen molar-refractivity contribution in [3.05, 3.63) is 0 Å². The smallest absolute Gasteiger partial charge is 0.241 e. The van der Waals surface area contributed by atoms with Crippen LogP contribution in [0.4, 0.5) is 0 Å². The van der Waals surface area contributed by atoms with Crippen molar-refractivity contribution in [1.82, 2.24) is 10.2 Å². The van der Waals surface area contributed by atoms with E-state index in [0.29, 0.717) is 11.8 Å². The van der Waals surface area contributed by atoms with Crippen molar-refractivity contribution in [2.75, 3.05) is 6.54 Å². The Hall–Kier alpha value is -0.570. The molecule has 1 aliphatic carbocycles. The maximum absolute atomic E-state index is 12.4. The third-order valence-electron chi connectivity index (χ3n) is 4.61. The van der Waals surface area contributed by atoms with Gasteiger partial charge in [0.1, 0.15) is 0 Å². The normalized spacial score (nSPS) is 29.9. The minimum absolute atomic E-state index is 0.0564. The van der Waals surface area contributed by atoms with E-state index in [1.165, 1.54) is 25.7 Å². The van der Waals surface area contributed by atoms with E-state index in [9.17, 15) is 4.79 Å². The van der Waals surface area contributed by atoms with Crippen LogP contribution in [-0.4, -0.2) is 29.6 Å². The third kappa shape index (κ3) is 3.05. The van der Waals surface area contributed by atoms with E-state index in [1.807, 2.05) is 0 Å². The lowest BCUT2D eigenvalue weighted by Gasteiger charge is -2.23. The van der Waals surface area contributed by atoms with E-state index >= 15 is 0 Å². The van der Waals surface area contributed by atoms with E-state index in [0.717, 1.165) is 25.3 Å². The van der Waals surface area contributed by atoms with E-state index < -0.39 is 0 Å². The average molecular weight is 252 g/mol. The zero-order valence-electron chi connectivity index (χ0n) is 12.1. The fourth-order valence-corrected chi connectivity index (χ4v) is 2.91. The lowest BCUT2D eigenvalue weighted by Crippen LogP contribution is -2.37. The van der Waals surface area contributed by atoms with Gasteiger partial charge in [-0.25, -0.2) is 0 Å². The van der Waals surface area contributed by atoms with Crippen molar-refractivity contribution in [3.63, 3.8) is 0 Å². The fourth-order valence-electron chi connectivity index (χ4n) is 2.91. The first-order chi connectivity index (χ1) is 8.67. The molecule has 104 valence electrons. The van der Waals surface area contributed by atoms with Crippen LogP contribution in [0.1, 0.15) is 59.3 Å². The molecule has 1 amide bonds. The van der Waals surface area contributed by atoms with Gasteiger partial charge in [-0.15, -0.1) is 0 Å². The molecule has 3 atom stereocenters. The summed E-state index contributed by atoms with van der Waals surface area (Å²) in [5.74, 6) is 1.76. The van der Waals surface area contributed by atoms with Crippen LogP contribution in [-0.2, 0) is 4.79 Å². The first-order valence-corrected chi connectivity index (χ1v) is 7.73. The van der Waals surface area contributed by atoms with Crippen LogP contribution < -0.4 is 5.32 Å². The molecule has 1 aliphatic heterocycles. The number of amides is 1. The number of carbonyl (C=O) groups excluding carboxylic acids is 1. The highest BCUT2D eigenvalue weighted by molar-refractivity contribution is 5.84. The predicted molar refractivity (Wildman–Crippen MR) is 74.1 cm³/mol. The highest BCUT2D eigenvalue weighted by atomic mass is 16.2. The van der Waals surface area contributed by atoms with Gasteiger partial charge in [-0.3, -0.25) is 10.1 Å². The molecule has 0 aromatic carbocycles. The highest BCUT2D eigenvalue weighted by Crippen LogP contribution is 2.33. The van der Waals surface area contributed by atoms with Gasteiger partial charge in [0.05, 0.1) is 12.2 Å². The molecule has 1 saturated carbocycles.